The molecule has 1 saturated heterocycles. The summed E-state index contributed by atoms with van der Waals surface area (Å²) < 4.78 is 5.14. The minimum absolute atomic E-state index is 0.0683. The second kappa shape index (κ2) is 6.88. The van der Waals surface area contributed by atoms with E-state index in [0.717, 1.165) is 5.75 Å². The van der Waals surface area contributed by atoms with Crippen molar-refractivity contribution >= 4 is 35.0 Å². The van der Waals surface area contributed by atoms with Crippen molar-refractivity contribution in [1.82, 2.24) is 10.9 Å². The van der Waals surface area contributed by atoms with Gasteiger partial charge in [0, 0.05) is 22.3 Å². The Bertz CT molecular complexity index is 817. The van der Waals surface area contributed by atoms with Gasteiger partial charge in [-0.2, -0.15) is 0 Å². The van der Waals surface area contributed by atoms with Crippen molar-refractivity contribution in [2.24, 2.45) is 5.92 Å². The lowest BCUT2D eigenvalue weighted by molar-refractivity contribution is -0.118. The van der Waals surface area contributed by atoms with Gasteiger partial charge in [-0.25, -0.2) is 10.9 Å². The van der Waals surface area contributed by atoms with Crippen molar-refractivity contribution in [3.8, 4) is 5.75 Å². The fourth-order valence-electron chi connectivity index (χ4n) is 3.37. The van der Waals surface area contributed by atoms with Crippen LogP contribution in [-0.4, -0.2) is 24.8 Å². The van der Waals surface area contributed by atoms with Gasteiger partial charge in [0.25, 0.3) is 0 Å². The zero-order valence-electron chi connectivity index (χ0n) is 13.6. The Morgan fingerprint density at radius 1 is 1.28 bits per heavy atom. The van der Waals surface area contributed by atoms with Crippen molar-refractivity contribution in [1.29, 1.82) is 0 Å². The molecule has 0 radical (unpaired) electrons. The highest BCUT2D eigenvalue weighted by atomic mass is 35.5. The number of methoxy groups -OCH3 is 1. The molecule has 2 heterocycles. The number of carbonyl (C=O) groups is 1. The third kappa shape index (κ3) is 3.11. The summed E-state index contributed by atoms with van der Waals surface area (Å²) in [5.41, 5.74) is 8.36. The number of halogens is 1. The number of fused-ring (bicyclic) bond motifs is 3. The largest absolute Gasteiger partial charge is 0.495 e. The number of hydrazine groups is 1. The first-order chi connectivity index (χ1) is 12.2. The monoisotopic (exact) mass is 375 g/mol. The number of rotatable bonds is 3. The minimum Gasteiger partial charge on any atom is -0.495 e. The van der Waals surface area contributed by atoms with E-state index in [-0.39, 0.29) is 23.9 Å². The molecule has 3 N–H and O–H groups in total. The van der Waals surface area contributed by atoms with Crippen LogP contribution >= 0.6 is 23.4 Å². The summed E-state index contributed by atoms with van der Waals surface area (Å²) in [4.78, 5) is 14.0. The normalized spacial score (nSPS) is 24.3. The Balaban J connectivity index is 1.50. The van der Waals surface area contributed by atoms with Gasteiger partial charge >= 0.3 is 0 Å². The fraction of sp³-hybridized carbons (Fsp3) is 0.278. The molecule has 5 nitrogen and oxygen atoms in total. The van der Waals surface area contributed by atoms with Crippen LogP contribution in [0.3, 0.4) is 0 Å². The van der Waals surface area contributed by atoms with Gasteiger partial charge in [-0.3, -0.25) is 4.79 Å². The lowest BCUT2D eigenvalue weighted by Crippen LogP contribution is -2.42. The van der Waals surface area contributed by atoms with Crippen LogP contribution in [0.15, 0.2) is 47.4 Å². The Labute approximate surface area is 155 Å². The van der Waals surface area contributed by atoms with Gasteiger partial charge < -0.3 is 10.1 Å². The maximum Gasteiger partial charge on any atom is 0.243 e. The highest BCUT2D eigenvalue weighted by molar-refractivity contribution is 7.99. The Hall–Kier alpha value is -1.73. The van der Waals surface area contributed by atoms with Crippen LogP contribution in [-0.2, 0) is 4.79 Å². The molecule has 25 heavy (non-hydrogen) atoms. The van der Waals surface area contributed by atoms with Gasteiger partial charge in [-0.05, 0) is 29.8 Å². The molecule has 0 saturated carbocycles. The first-order valence-corrected chi connectivity index (χ1v) is 9.41. The fourth-order valence-corrected chi connectivity index (χ4v) is 4.92. The molecule has 4 rings (SSSR count). The van der Waals surface area contributed by atoms with E-state index in [2.05, 4.69) is 28.3 Å². The van der Waals surface area contributed by atoms with Crippen molar-refractivity contribution in [3.05, 3.63) is 53.1 Å². The number of amides is 1. The van der Waals surface area contributed by atoms with Crippen LogP contribution in [0.2, 0.25) is 5.02 Å². The Morgan fingerprint density at radius 2 is 2.12 bits per heavy atom. The van der Waals surface area contributed by atoms with Crippen molar-refractivity contribution in [2.45, 2.75) is 17.0 Å². The number of ether oxygens (including phenoxy) is 1. The first-order valence-electron chi connectivity index (χ1n) is 8.04. The standard InChI is InChI=1S/C18H18ClN3O2S/c1-24-14-7-6-10(8-13(14)19)20-18(23)17-12-9-25-15-5-3-2-4-11(15)16(12)21-22-17/h2-8,12,16-17,21-22H,9H2,1H3,(H,20,23). The maximum atomic E-state index is 12.8. The van der Waals surface area contributed by atoms with Gasteiger partial charge in [-0.1, -0.05) is 29.8 Å². The number of carbonyl (C=O) groups excluding carboxylic acids is 1. The summed E-state index contributed by atoms with van der Waals surface area (Å²) in [5.74, 6) is 1.60. The molecule has 2 aromatic carbocycles. The molecule has 3 unspecified atom stereocenters. The van der Waals surface area contributed by atoms with Crippen LogP contribution in [0.1, 0.15) is 11.6 Å². The summed E-state index contributed by atoms with van der Waals surface area (Å²) in [5, 5.41) is 3.41. The number of nitrogens with one attached hydrogen (secondary N) is 3. The molecule has 2 aliphatic rings. The highest BCUT2D eigenvalue weighted by Crippen LogP contribution is 2.43. The summed E-state index contributed by atoms with van der Waals surface area (Å²) in [6.45, 7) is 0. The van der Waals surface area contributed by atoms with Crippen molar-refractivity contribution in [2.75, 3.05) is 18.2 Å². The molecule has 0 aromatic heterocycles. The van der Waals surface area contributed by atoms with Gasteiger partial charge in [0.1, 0.15) is 11.8 Å². The zero-order chi connectivity index (χ0) is 17.4. The van der Waals surface area contributed by atoms with Gasteiger partial charge in [-0.15, -0.1) is 11.8 Å². The molecule has 0 bridgehead atoms. The molecule has 2 aromatic rings. The predicted octanol–water partition coefficient (Wildman–Crippen LogP) is 3.23. The summed E-state index contributed by atoms with van der Waals surface area (Å²) in [7, 11) is 1.56. The van der Waals surface area contributed by atoms with E-state index in [4.69, 9.17) is 16.3 Å². The molecule has 0 aliphatic carbocycles. The molecule has 0 spiro atoms. The average molecular weight is 376 g/mol. The van der Waals surface area contributed by atoms with Gasteiger partial charge in [0.2, 0.25) is 5.91 Å². The number of hydrogen-bond acceptors (Lipinski definition) is 5. The van der Waals surface area contributed by atoms with E-state index in [0.29, 0.717) is 16.5 Å². The summed E-state index contributed by atoms with van der Waals surface area (Å²) >= 11 is 7.93. The van der Waals surface area contributed by atoms with Crippen molar-refractivity contribution < 1.29 is 9.53 Å². The van der Waals surface area contributed by atoms with E-state index >= 15 is 0 Å². The third-order valence-electron chi connectivity index (χ3n) is 4.64. The molecule has 1 amide bonds. The van der Waals surface area contributed by atoms with Gasteiger partial charge in [0.15, 0.2) is 0 Å². The molecule has 2 aliphatic heterocycles. The second-order valence-corrected chi connectivity index (χ2v) is 7.56. The topological polar surface area (TPSA) is 62.4 Å². The lowest BCUT2D eigenvalue weighted by Gasteiger charge is -2.28. The van der Waals surface area contributed by atoms with E-state index in [9.17, 15) is 4.79 Å². The van der Waals surface area contributed by atoms with E-state index in [1.807, 2.05) is 12.1 Å². The number of thioether (sulfide) groups is 1. The summed E-state index contributed by atoms with van der Waals surface area (Å²) in [6.07, 6.45) is 0. The Kier molecular flexibility index (Phi) is 4.60. The molecule has 7 heteroatoms. The molecule has 130 valence electrons. The average Bonchev–Trinajstić information content (AvgIpc) is 3.06. The predicted molar refractivity (Wildman–Crippen MR) is 100 cm³/mol. The van der Waals surface area contributed by atoms with Crippen LogP contribution in [0.5, 0.6) is 5.75 Å². The zero-order valence-corrected chi connectivity index (χ0v) is 15.2. The molecular formula is C18H18ClN3O2S. The quantitative estimate of drug-likeness (QED) is 0.768. The van der Waals surface area contributed by atoms with E-state index in [1.54, 1.807) is 37.1 Å². The number of anilines is 1. The lowest BCUT2D eigenvalue weighted by atomic mass is 9.90. The molecular weight excluding hydrogens is 358 g/mol. The van der Waals surface area contributed by atoms with Gasteiger partial charge in [0.05, 0.1) is 18.2 Å². The van der Waals surface area contributed by atoms with E-state index < -0.39 is 0 Å². The minimum atomic E-state index is -0.299. The molecule has 1 fully saturated rings. The number of benzene rings is 2. The first kappa shape index (κ1) is 16.7. The van der Waals surface area contributed by atoms with Crippen LogP contribution < -0.4 is 20.9 Å². The maximum absolute atomic E-state index is 12.8. The summed E-state index contributed by atoms with van der Waals surface area (Å²) in [6, 6.07) is 13.4. The number of hydrogen-bond donors (Lipinski definition) is 3. The third-order valence-corrected chi connectivity index (χ3v) is 6.17. The second-order valence-electron chi connectivity index (χ2n) is 6.10. The molecule has 3 atom stereocenters. The van der Waals surface area contributed by atoms with E-state index in [1.165, 1.54) is 10.5 Å². The van der Waals surface area contributed by atoms with Crippen LogP contribution in [0.4, 0.5) is 5.69 Å². The SMILES string of the molecule is COc1ccc(NC(=O)C2NNC3c4ccccc4SCC23)cc1Cl. The highest BCUT2D eigenvalue weighted by Gasteiger charge is 2.43. The Morgan fingerprint density at radius 3 is 2.92 bits per heavy atom. The van der Waals surface area contributed by atoms with Crippen molar-refractivity contribution in [3.63, 3.8) is 0 Å². The van der Waals surface area contributed by atoms with Crippen LogP contribution in [0, 0.1) is 5.92 Å². The van der Waals surface area contributed by atoms with Crippen LogP contribution in [0.25, 0.3) is 0 Å². The smallest absolute Gasteiger partial charge is 0.243 e.